The summed E-state index contributed by atoms with van der Waals surface area (Å²) in [5, 5.41) is 0. The summed E-state index contributed by atoms with van der Waals surface area (Å²) in [7, 11) is 0. The Balaban J connectivity index is 0.00000484. The summed E-state index contributed by atoms with van der Waals surface area (Å²) in [6, 6.07) is 0. The average molecular weight is 351 g/mol. The van der Waals surface area contributed by atoms with Crippen molar-refractivity contribution in [2.45, 2.75) is 65.1 Å². The first-order valence-corrected chi connectivity index (χ1v) is 8.74. The number of likely N-dealkylation sites (tertiary alicyclic amines) is 1. The van der Waals surface area contributed by atoms with E-state index < -0.39 is 0 Å². The van der Waals surface area contributed by atoms with Gasteiger partial charge in [0.1, 0.15) is 0 Å². The van der Waals surface area contributed by atoms with Gasteiger partial charge in [0, 0.05) is 19.7 Å². The highest BCUT2D eigenvalue weighted by Crippen LogP contribution is 2.15. The van der Waals surface area contributed by atoms with Crippen LogP contribution in [0, 0.1) is 5.92 Å². The van der Waals surface area contributed by atoms with Gasteiger partial charge in [-0.05, 0) is 45.1 Å². The fourth-order valence-electron chi connectivity index (χ4n) is 2.84. The molecule has 0 aliphatic carbocycles. The number of amides is 1. The van der Waals surface area contributed by atoms with Crippen molar-refractivity contribution in [1.29, 1.82) is 0 Å². The van der Waals surface area contributed by atoms with Crippen LogP contribution in [-0.4, -0.2) is 55.9 Å². The number of hydrogen-bond donors (Lipinski definition) is 1. The van der Waals surface area contributed by atoms with E-state index >= 15 is 0 Å². The molecule has 23 heavy (non-hydrogen) atoms. The van der Waals surface area contributed by atoms with Gasteiger partial charge in [0.15, 0.2) is 0 Å². The van der Waals surface area contributed by atoms with Crippen molar-refractivity contribution in [3.63, 3.8) is 0 Å². The van der Waals surface area contributed by atoms with Crippen LogP contribution in [-0.2, 0) is 14.3 Å². The van der Waals surface area contributed by atoms with Crippen LogP contribution >= 0.6 is 12.4 Å². The molecule has 1 unspecified atom stereocenters. The summed E-state index contributed by atoms with van der Waals surface area (Å²) >= 11 is 0. The fraction of sp³-hybridized carbons (Fsp3) is 0.941. The van der Waals surface area contributed by atoms with Crippen molar-refractivity contribution >= 4 is 18.3 Å². The minimum Gasteiger partial charge on any atom is -0.378 e. The fourth-order valence-corrected chi connectivity index (χ4v) is 2.84. The van der Waals surface area contributed by atoms with Gasteiger partial charge in [0.2, 0.25) is 5.91 Å². The van der Waals surface area contributed by atoms with Crippen LogP contribution in [0.2, 0.25) is 0 Å². The summed E-state index contributed by atoms with van der Waals surface area (Å²) in [6.07, 6.45) is 4.82. The van der Waals surface area contributed by atoms with Gasteiger partial charge in [0.05, 0.1) is 25.2 Å². The number of rotatable bonds is 10. The van der Waals surface area contributed by atoms with Crippen molar-refractivity contribution in [3.8, 4) is 0 Å². The van der Waals surface area contributed by atoms with Gasteiger partial charge < -0.3 is 20.1 Å². The highest BCUT2D eigenvalue weighted by molar-refractivity contribution is 5.85. The normalized spacial score (nSPS) is 17.2. The molecule has 1 rings (SSSR count). The molecule has 1 aliphatic heterocycles. The molecular formula is C17H35ClN2O3. The third-order valence-corrected chi connectivity index (χ3v) is 4.02. The third kappa shape index (κ3) is 10.2. The van der Waals surface area contributed by atoms with Gasteiger partial charge in [-0.25, -0.2) is 0 Å². The average Bonchev–Trinajstić information content (AvgIpc) is 2.47. The number of piperidine rings is 1. The van der Waals surface area contributed by atoms with E-state index in [4.69, 9.17) is 15.2 Å². The van der Waals surface area contributed by atoms with Crippen molar-refractivity contribution in [3.05, 3.63) is 0 Å². The van der Waals surface area contributed by atoms with Crippen molar-refractivity contribution in [2.24, 2.45) is 11.7 Å². The maximum absolute atomic E-state index is 12.2. The summed E-state index contributed by atoms with van der Waals surface area (Å²) < 4.78 is 11.5. The molecule has 1 atom stereocenters. The first kappa shape index (κ1) is 22.6. The molecule has 1 fully saturated rings. The maximum Gasteiger partial charge on any atom is 0.224 e. The number of nitrogens with zero attached hydrogens (tertiary/aromatic N) is 1. The van der Waals surface area contributed by atoms with Gasteiger partial charge in [-0.15, -0.1) is 12.4 Å². The summed E-state index contributed by atoms with van der Waals surface area (Å²) in [4.78, 5) is 14.1. The molecule has 1 aliphatic rings. The van der Waals surface area contributed by atoms with E-state index in [-0.39, 0.29) is 30.5 Å². The molecule has 5 nitrogen and oxygen atoms in total. The highest BCUT2D eigenvalue weighted by Gasteiger charge is 2.22. The van der Waals surface area contributed by atoms with Crippen LogP contribution in [0.3, 0.4) is 0 Å². The van der Waals surface area contributed by atoms with Crippen LogP contribution in [0.4, 0.5) is 0 Å². The Hall–Kier alpha value is -0.360. The molecule has 0 spiro atoms. The van der Waals surface area contributed by atoms with E-state index in [1.165, 1.54) is 0 Å². The zero-order chi connectivity index (χ0) is 16.4. The van der Waals surface area contributed by atoms with Crippen LogP contribution in [0.15, 0.2) is 0 Å². The predicted molar refractivity (Wildman–Crippen MR) is 96.0 cm³/mol. The molecule has 6 heteroatoms. The van der Waals surface area contributed by atoms with Gasteiger partial charge in [-0.1, -0.05) is 13.8 Å². The Bertz CT molecular complexity index is 308. The van der Waals surface area contributed by atoms with E-state index in [0.29, 0.717) is 25.5 Å². The number of nitrogens with two attached hydrogens (primary N) is 1. The van der Waals surface area contributed by atoms with Crippen LogP contribution in [0.1, 0.15) is 52.9 Å². The van der Waals surface area contributed by atoms with Gasteiger partial charge in [-0.2, -0.15) is 0 Å². The molecule has 0 saturated carbocycles. The minimum absolute atomic E-state index is 0. The number of halogens is 1. The lowest BCUT2D eigenvalue weighted by molar-refractivity contribution is -0.135. The van der Waals surface area contributed by atoms with Gasteiger partial charge >= 0.3 is 0 Å². The summed E-state index contributed by atoms with van der Waals surface area (Å²) in [6.45, 7) is 9.98. The zero-order valence-corrected chi connectivity index (χ0v) is 15.8. The molecule has 0 radical (unpaired) electrons. The number of carbonyl (C=O) groups is 1. The second-order valence-corrected chi connectivity index (χ2v) is 6.65. The molecular weight excluding hydrogens is 316 g/mol. The minimum atomic E-state index is 0. The van der Waals surface area contributed by atoms with Gasteiger partial charge in [-0.3, -0.25) is 4.79 Å². The van der Waals surface area contributed by atoms with E-state index in [1.807, 2.05) is 4.90 Å². The third-order valence-electron chi connectivity index (χ3n) is 4.02. The van der Waals surface area contributed by atoms with Crippen LogP contribution in [0.5, 0.6) is 0 Å². The molecule has 138 valence electrons. The van der Waals surface area contributed by atoms with Crippen LogP contribution < -0.4 is 5.73 Å². The molecule has 0 bridgehead atoms. The molecule has 0 aromatic heterocycles. The standard InChI is InChI=1S/C17H34N2O3.ClH/c1-14(2)13-15(3)21-12-7-17(20)19-9-5-16(6-10-19)22-11-4-8-18;/h14-16H,4-13,18H2,1-3H3;1H. The first-order valence-electron chi connectivity index (χ1n) is 8.74. The van der Waals surface area contributed by atoms with Crippen molar-refractivity contribution in [1.82, 2.24) is 4.90 Å². The van der Waals surface area contributed by atoms with Crippen molar-refractivity contribution in [2.75, 3.05) is 32.8 Å². The highest BCUT2D eigenvalue weighted by atomic mass is 35.5. The number of carbonyl (C=O) groups excluding carboxylic acids is 1. The van der Waals surface area contributed by atoms with Gasteiger partial charge in [0.25, 0.3) is 0 Å². The SMILES string of the molecule is CC(C)CC(C)OCCC(=O)N1CCC(OCCCN)CC1.Cl. The predicted octanol–water partition coefficient (Wildman–Crippen LogP) is 2.61. The summed E-state index contributed by atoms with van der Waals surface area (Å²) in [5.74, 6) is 0.834. The van der Waals surface area contributed by atoms with E-state index in [9.17, 15) is 4.79 Å². The quantitative estimate of drug-likeness (QED) is 0.615. The van der Waals surface area contributed by atoms with Crippen molar-refractivity contribution < 1.29 is 14.3 Å². The lowest BCUT2D eigenvalue weighted by atomic mass is 10.1. The lowest BCUT2D eigenvalue weighted by Crippen LogP contribution is -2.41. The topological polar surface area (TPSA) is 64.8 Å². The molecule has 0 aromatic carbocycles. The van der Waals surface area contributed by atoms with Crippen LogP contribution in [0.25, 0.3) is 0 Å². The number of hydrogen-bond acceptors (Lipinski definition) is 4. The van der Waals surface area contributed by atoms with E-state index in [2.05, 4.69) is 20.8 Å². The zero-order valence-electron chi connectivity index (χ0n) is 15.0. The smallest absolute Gasteiger partial charge is 0.224 e. The Morgan fingerprint density at radius 2 is 1.87 bits per heavy atom. The molecule has 0 aromatic rings. The Labute approximate surface area is 147 Å². The lowest BCUT2D eigenvalue weighted by Gasteiger charge is -2.32. The maximum atomic E-state index is 12.2. The number of ether oxygens (including phenoxy) is 2. The Morgan fingerprint density at radius 1 is 1.22 bits per heavy atom. The van der Waals surface area contributed by atoms with E-state index in [0.717, 1.165) is 45.4 Å². The van der Waals surface area contributed by atoms with E-state index in [1.54, 1.807) is 0 Å². The summed E-state index contributed by atoms with van der Waals surface area (Å²) in [5.41, 5.74) is 5.46. The second-order valence-electron chi connectivity index (χ2n) is 6.65. The Kier molecular flexibility index (Phi) is 12.8. The molecule has 1 saturated heterocycles. The largest absolute Gasteiger partial charge is 0.378 e. The second kappa shape index (κ2) is 13.0. The first-order chi connectivity index (χ1) is 10.5. The monoisotopic (exact) mass is 350 g/mol. The molecule has 1 heterocycles. The molecule has 2 N–H and O–H groups in total. The molecule has 1 amide bonds. The Morgan fingerprint density at radius 3 is 2.43 bits per heavy atom.